The van der Waals surface area contributed by atoms with Crippen LogP contribution in [-0.2, 0) is 4.74 Å². The van der Waals surface area contributed by atoms with E-state index < -0.39 is 0 Å². The molecular weight excluding hydrogens is 252 g/mol. The summed E-state index contributed by atoms with van der Waals surface area (Å²) >= 11 is 0. The molecule has 0 aromatic carbocycles. The predicted molar refractivity (Wildman–Crippen MR) is 78.6 cm³/mol. The summed E-state index contributed by atoms with van der Waals surface area (Å²) in [5.41, 5.74) is 0. The first kappa shape index (κ1) is 14.2. The minimum Gasteiger partial charge on any atom is -0.381 e. The number of nitrogens with zero attached hydrogens (tertiary/aromatic N) is 1. The van der Waals surface area contributed by atoms with Crippen LogP contribution in [0, 0.1) is 11.8 Å². The van der Waals surface area contributed by atoms with E-state index in [1.165, 1.54) is 32.1 Å². The first-order valence-electron chi connectivity index (χ1n) is 8.40. The van der Waals surface area contributed by atoms with Gasteiger partial charge in [-0.1, -0.05) is 6.42 Å². The topological polar surface area (TPSA) is 41.6 Å². The Morgan fingerprint density at radius 3 is 2.55 bits per heavy atom. The highest BCUT2D eigenvalue weighted by atomic mass is 16.5. The molecule has 2 atom stereocenters. The molecule has 20 heavy (non-hydrogen) atoms. The number of carbonyl (C=O) groups is 1. The standard InChI is InChI=1S/C16H28N2O2/c1-12(13-7-10-20-11-8-13)17-16(19)18-9-3-6-15(18)14-4-2-5-14/h12-15H,2-11H2,1H3,(H,17,19). The third-order valence-corrected chi connectivity index (χ3v) is 5.58. The second-order valence-electron chi connectivity index (χ2n) is 6.78. The van der Waals surface area contributed by atoms with E-state index in [4.69, 9.17) is 4.74 Å². The van der Waals surface area contributed by atoms with Crippen LogP contribution in [0.3, 0.4) is 0 Å². The molecule has 2 saturated heterocycles. The van der Waals surface area contributed by atoms with Gasteiger partial charge in [0.15, 0.2) is 0 Å². The van der Waals surface area contributed by atoms with Crippen molar-refractivity contribution in [2.75, 3.05) is 19.8 Å². The Morgan fingerprint density at radius 1 is 1.15 bits per heavy atom. The average molecular weight is 280 g/mol. The number of urea groups is 1. The second kappa shape index (κ2) is 6.33. The summed E-state index contributed by atoms with van der Waals surface area (Å²) in [5.74, 6) is 1.36. The summed E-state index contributed by atoms with van der Waals surface area (Å²) in [6.45, 7) is 4.80. The van der Waals surface area contributed by atoms with Gasteiger partial charge in [-0.3, -0.25) is 0 Å². The molecule has 1 N–H and O–H groups in total. The molecule has 1 aliphatic carbocycles. The van der Waals surface area contributed by atoms with Crippen molar-refractivity contribution >= 4 is 6.03 Å². The lowest BCUT2D eigenvalue weighted by molar-refractivity contribution is 0.0555. The zero-order chi connectivity index (χ0) is 13.9. The van der Waals surface area contributed by atoms with Crippen LogP contribution < -0.4 is 5.32 Å². The third-order valence-electron chi connectivity index (χ3n) is 5.58. The van der Waals surface area contributed by atoms with E-state index >= 15 is 0 Å². The summed E-state index contributed by atoms with van der Waals surface area (Å²) in [4.78, 5) is 14.7. The van der Waals surface area contributed by atoms with Gasteiger partial charge in [0.2, 0.25) is 0 Å². The van der Waals surface area contributed by atoms with Gasteiger partial charge < -0.3 is 15.0 Å². The van der Waals surface area contributed by atoms with Crippen LogP contribution in [-0.4, -0.2) is 42.8 Å². The maximum Gasteiger partial charge on any atom is 0.317 e. The smallest absolute Gasteiger partial charge is 0.317 e. The summed E-state index contributed by atoms with van der Waals surface area (Å²) in [6, 6.07) is 0.970. The van der Waals surface area contributed by atoms with Crippen molar-refractivity contribution in [1.29, 1.82) is 0 Å². The first-order chi connectivity index (χ1) is 9.75. The average Bonchev–Trinajstić information content (AvgIpc) is 2.86. The lowest BCUT2D eigenvalue weighted by Crippen LogP contribution is -2.51. The van der Waals surface area contributed by atoms with E-state index in [1.54, 1.807) is 0 Å². The Kier molecular flexibility index (Phi) is 4.49. The highest BCUT2D eigenvalue weighted by Gasteiger charge is 2.37. The summed E-state index contributed by atoms with van der Waals surface area (Å²) in [7, 11) is 0. The molecule has 2 amide bonds. The van der Waals surface area contributed by atoms with Crippen molar-refractivity contribution in [2.45, 2.75) is 64.0 Å². The van der Waals surface area contributed by atoms with Gasteiger partial charge in [0, 0.05) is 31.8 Å². The molecule has 4 nitrogen and oxygen atoms in total. The van der Waals surface area contributed by atoms with Crippen LogP contribution in [0.4, 0.5) is 4.79 Å². The fourth-order valence-corrected chi connectivity index (χ4v) is 3.97. The monoisotopic (exact) mass is 280 g/mol. The molecule has 0 radical (unpaired) electrons. The van der Waals surface area contributed by atoms with Crippen LogP contribution in [0.5, 0.6) is 0 Å². The Bertz CT molecular complexity index is 337. The van der Waals surface area contributed by atoms with Crippen LogP contribution in [0.1, 0.15) is 51.9 Å². The molecule has 2 aliphatic heterocycles. The van der Waals surface area contributed by atoms with Gasteiger partial charge in [-0.25, -0.2) is 4.79 Å². The lowest BCUT2D eigenvalue weighted by atomic mass is 9.79. The molecule has 4 heteroatoms. The van der Waals surface area contributed by atoms with E-state index in [1.807, 2.05) is 0 Å². The van der Waals surface area contributed by atoms with Crippen molar-refractivity contribution < 1.29 is 9.53 Å². The first-order valence-corrected chi connectivity index (χ1v) is 8.40. The molecule has 3 rings (SSSR count). The van der Waals surface area contributed by atoms with E-state index in [0.717, 1.165) is 38.5 Å². The Labute approximate surface area is 122 Å². The van der Waals surface area contributed by atoms with Crippen molar-refractivity contribution in [3.05, 3.63) is 0 Å². The molecule has 0 aromatic rings. The SMILES string of the molecule is CC(NC(=O)N1CCCC1C1CCC1)C1CCOCC1. The maximum absolute atomic E-state index is 12.5. The van der Waals surface area contributed by atoms with Crippen LogP contribution in [0.15, 0.2) is 0 Å². The fraction of sp³-hybridized carbons (Fsp3) is 0.938. The number of nitrogens with one attached hydrogen (secondary N) is 1. The zero-order valence-corrected chi connectivity index (χ0v) is 12.6. The number of likely N-dealkylation sites (tertiary alicyclic amines) is 1. The lowest BCUT2D eigenvalue weighted by Gasteiger charge is -2.38. The molecule has 1 saturated carbocycles. The van der Waals surface area contributed by atoms with Crippen LogP contribution in [0.2, 0.25) is 0 Å². The number of hydrogen-bond donors (Lipinski definition) is 1. The largest absolute Gasteiger partial charge is 0.381 e. The number of ether oxygens (including phenoxy) is 1. The Balaban J connectivity index is 1.52. The van der Waals surface area contributed by atoms with E-state index in [0.29, 0.717) is 12.0 Å². The van der Waals surface area contributed by atoms with Gasteiger partial charge in [0.25, 0.3) is 0 Å². The molecule has 3 fully saturated rings. The molecule has 114 valence electrons. The second-order valence-corrected chi connectivity index (χ2v) is 6.78. The highest BCUT2D eigenvalue weighted by Crippen LogP contribution is 2.37. The third kappa shape index (κ3) is 2.95. The fourth-order valence-electron chi connectivity index (χ4n) is 3.97. The van der Waals surface area contributed by atoms with Gasteiger partial charge in [0.05, 0.1) is 0 Å². The minimum absolute atomic E-state index is 0.179. The quantitative estimate of drug-likeness (QED) is 0.863. The summed E-state index contributed by atoms with van der Waals surface area (Å²) < 4.78 is 5.40. The van der Waals surface area contributed by atoms with Gasteiger partial charge in [0.1, 0.15) is 0 Å². The predicted octanol–water partition coefficient (Wildman–Crippen LogP) is 2.78. The Morgan fingerprint density at radius 2 is 1.90 bits per heavy atom. The van der Waals surface area contributed by atoms with E-state index in [2.05, 4.69) is 17.1 Å². The van der Waals surface area contributed by atoms with Crippen LogP contribution >= 0.6 is 0 Å². The number of amides is 2. The minimum atomic E-state index is 0.179. The molecule has 0 bridgehead atoms. The summed E-state index contributed by atoms with van der Waals surface area (Å²) in [5, 5.41) is 3.26. The zero-order valence-electron chi connectivity index (χ0n) is 12.6. The van der Waals surface area contributed by atoms with Crippen molar-refractivity contribution in [2.24, 2.45) is 11.8 Å². The van der Waals surface area contributed by atoms with Crippen molar-refractivity contribution in [1.82, 2.24) is 10.2 Å². The highest BCUT2D eigenvalue weighted by molar-refractivity contribution is 5.75. The molecule has 2 heterocycles. The molecule has 0 aromatic heterocycles. The van der Waals surface area contributed by atoms with Gasteiger partial charge in [-0.15, -0.1) is 0 Å². The van der Waals surface area contributed by atoms with Gasteiger partial charge in [-0.05, 0) is 57.3 Å². The maximum atomic E-state index is 12.5. The van der Waals surface area contributed by atoms with E-state index in [9.17, 15) is 4.79 Å². The van der Waals surface area contributed by atoms with Gasteiger partial charge >= 0.3 is 6.03 Å². The molecule has 0 spiro atoms. The summed E-state index contributed by atoms with van der Waals surface area (Å²) in [6.07, 6.45) is 8.55. The van der Waals surface area contributed by atoms with Crippen LogP contribution in [0.25, 0.3) is 0 Å². The van der Waals surface area contributed by atoms with E-state index in [-0.39, 0.29) is 12.1 Å². The van der Waals surface area contributed by atoms with Crippen molar-refractivity contribution in [3.8, 4) is 0 Å². The normalized spacial score (nSPS) is 30.1. The van der Waals surface area contributed by atoms with Gasteiger partial charge in [-0.2, -0.15) is 0 Å². The number of hydrogen-bond acceptors (Lipinski definition) is 2. The van der Waals surface area contributed by atoms with Crippen molar-refractivity contribution in [3.63, 3.8) is 0 Å². The number of carbonyl (C=O) groups excluding carboxylic acids is 1. The molecule has 3 aliphatic rings. The number of rotatable bonds is 3. The molecular formula is C16H28N2O2. The molecule has 2 unspecified atom stereocenters. The Hall–Kier alpha value is -0.770.